The number of rotatable bonds is 8. The number of hydrogen-bond donors (Lipinski definition) is 2. The summed E-state index contributed by atoms with van der Waals surface area (Å²) in [5.41, 5.74) is 3.64. The minimum absolute atomic E-state index is 0.246. The van der Waals surface area contributed by atoms with Gasteiger partial charge in [-0.05, 0) is 36.6 Å². The maximum atomic E-state index is 11.0. The van der Waals surface area contributed by atoms with Crippen LogP contribution in [0.25, 0.3) is 17.2 Å². The molecule has 0 saturated carbocycles. The Morgan fingerprint density at radius 3 is 2.68 bits per heavy atom. The van der Waals surface area contributed by atoms with Crippen LogP contribution >= 0.6 is 0 Å². The van der Waals surface area contributed by atoms with E-state index < -0.39 is 10.1 Å². The Hall–Kier alpha value is -3.10. The SMILES string of the molecule is CCC(=Cc1oc2ccccc2[n+]1CCCCS(=O)(=O)O)C=C1Nc2ccccc2O1. The van der Waals surface area contributed by atoms with E-state index in [1.165, 1.54) is 0 Å². The molecule has 8 heteroatoms. The molecule has 4 rings (SSSR count). The van der Waals surface area contributed by atoms with Gasteiger partial charge in [-0.2, -0.15) is 13.0 Å². The van der Waals surface area contributed by atoms with Crippen LogP contribution in [0.5, 0.6) is 5.75 Å². The second-order valence-electron chi connectivity index (χ2n) is 7.36. The van der Waals surface area contributed by atoms with E-state index in [1.807, 2.05) is 65.3 Å². The van der Waals surface area contributed by atoms with Crippen molar-refractivity contribution >= 4 is 33.0 Å². The van der Waals surface area contributed by atoms with E-state index in [-0.39, 0.29) is 5.75 Å². The smallest absolute Gasteiger partial charge is 0.374 e. The van der Waals surface area contributed by atoms with Crippen LogP contribution < -0.4 is 14.6 Å². The quantitative estimate of drug-likeness (QED) is 0.303. The zero-order valence-corrected chi connectivity index (χ0v) is 18.1. The van der Waals surface area contributed by atoms with Crippen molar-refractivity contribution in [3.63, 3.8) is 0 Å². The number of benzene rings is 2. The van der Waals surface area contributed by atoms with Crippen LogP contribution in [0.4, 0.5) is 5.69 Å². The van der Waals surface area contributed by atoms with Crippen molar-refractivity contribution < 1.29 is 26.7 Å². The summed E-state index contributed by atoms with van der Waals surface area (Å²) in [6, 6.07) is 15.5. The van der Waals surface area contributed by atoms with Crippen LogP contribution in [-0.4, -0.2) is 18.7 Å². The standard InChI is InChI=1S/C23H24N2O5S/c1-2-17(15-22-24-18-9-3-5-11-20(18)29-22)16-23-25(13-7-8-14-31(26,27)28)19-10-4-6-12-21(19)30-23/h3-6,9-12,15-16H,2,7-8,13-14H2,1H3,(H,26,27,28)/p+1. The minimum atomic E-state index is -3.95. The molecule has 7 nitrogen and oxygen atoms in total. The predicted octanol–water partition coefficient (Wildman–Crippen LogP) is 4.53. The van der Waals surface area contributed by atoms with Crippen LogP contribution in [0.15, 0.2) is 70.5 Å². The number of fused-ring (bicyclic) bond motifs is 2. The molecule has 1 aliphatic rings. The van der Waals surface area contributed by atoms with Crippen molar-refractivity contribution in [2.45, 2.75) is 32.7 Å². The second-order valence-corrected chi connectivity index (χ2v) is 8.93. The fourth-order valence-electron chi connectivity index (χ4n) is 3.52. The van der Waals surface area contributed by atoms with Crippen molar-refractivity contribution in [1.29, 1.82) is 0 Å². The molecule has 2 aromatic carbocycles. The zero-order chi connectivity index (χ0) is 21.8. The number of allylic oxidation sites excluding steroid dienone is 2. The maximum absolute atomic E-state index is 11.0. The summed E-state index contributed by atoms with van der Waals surface area (Å²) in [7, 11) is -3.95. The molecular formula is C23H25N2O5S+. The lowest BCUT2D eigenvalue weighted by Gasteiger charge is -2.01. The van der Waals surface area contributed by atoms with E-state index in [0.29, 0.717) is 31.2 Å². The van der Waals surface area contributed by atoms with Gasteiger partial charge in [0.15, 0.2) is 18.2 Å². The topological polar surface area (TPSA) is 92.7 Å². The number of anilines is 1. The van der Waals surface area contributed by atoms with Crippen LogP contribution in [-0.2, 0) is 16.7 Å². The van der Waals surface area contributed by atoms with Crippen molar-refractivity contribution in [2.75, 3.05) is 11.1 Å². The summed E-state index contributed by atoms with van der Waals surface area (Å²) in [6.07, 6.45) is 5.66. The molecule has 2 heterocycles. The van der Waals surface area contributed by atoms with Crippen molar-refractivity contribution in [3.8, 4) is 5.75 Å². The molecule has 31 heavy (non-hydrogen) atoms. The third-order valence-corrected chi connectivity index (χ3v) is 5.87. The molecule has 0 saturated heterocycles. The van der Waals surface area contributed by atoms with E-state index in [1.54, 1.807) is 0 Å². The highest BCUT2D eigenvalue weighted by atomic mass is 32.2. The average molecular weight is 442 g/mol. The highest BCUT2D eigenvalue weighted by Crippen LogP contribution is 2.33. The number of para-hydroxylation sites is 4. The van der Waals surface area contributed by atoms with Gasteiger partial charge in [-0.1, -0.05) is 31.2 Å². The van der Waals surface area contributed by atoms with Gasteiger partial charge in [0, 0.05) is 18.6 Å². The number of ether oxygens (including phenoxy) is 1. The molecule has 1 aliphatic heterocycles. The van der Waals surface area contributed by atoms with Gasteiger partial charge in [-0.25, -0.2) is 0 Å². The number of oxazole rings is 1. The van der Waals surface area contributed by atoms with Gasteiger partial charge in [0.1, 0.15) is 0 Å². The maximum Gasteiger partial charge on any atom is 0.374 e. The largest absolute Gasteiger partial charge is 0.439 e. The Morgan fingerprint density at radius 2 is 1.90 bits per heavy atom. The number of aryl methyl sites for hydroxylation is 1. The number of unbranched alkanes of at least 4 members (excludes halogenated alkanes) is 1. The lowest BCUT2D eigenvalue weighted by Crippen LogP contribution is -2.35. The van der Waals surface area contributed by atoms with E-state index in [4.69, 9.17) is 13.7 Å². The number of nitrogens with one attached hydrogen (secondary N) is 1. The first-order valence-corrected chi connectivity index (χ1v) is 11.9. The summed E-state index contributed by atoms with van der Waals surface area (Å²) >= 11 is 0. The van der Waals surface area contributed by atoms with Gasteiger partial charge in [0.2, 0.25) is 5.58 Å². The Bertz CT molecular complexity index is 1230. The second kappa shape index (κ2) is 8.95. The zero-order valence-electron chi connectivity index (χ0n) is 17.2. The first-order chi connectivity index (χ1) is 14.9. The summed E-state index contributed by atoms with van der Waals surface area (Å²) in [5, 5.41) is 3.26. The normalized spacial score (nSPS) is 15.2. The molecule has 2 N–H and O–H groups in total. The summed E-state index contributed by atoms with van der Waals surface area (Å²) < 4.78 is 45.0. The van der Waals surface area contributed by atoms with Crippen molar-refractivity contribution in [3.05, 3.63) is 72.0 Å². The molecule has 0 unspecified atom stereocenters. The third-order valence-electron chi connectivity index (χ3n) is 5.07. The van der Waals surface area contributed by atoms with Crippen molar-refractivity contribution in [1.82, 2.24) is 0 Å². The molecule has 0 atom stereocenters. The first kappa shape index (κ1) is 21.1. The van der Waals surface area contributed by atoms with Crippen LogP contribution in [0.3, 0.4) is 0 Å². The molecule has 0 aliphatic carbocycles. The minimum Gasteiger partial charge on any atom is -0.439 e. The van der Waals surface area contributed by atoms with E-state index in [0.717, 1.165) is 34.5 Å². The third kappa shape index (κ3) is 5.15. The Labute approximate surface area is 181 Å². The number of aromatic nitrogens is 1. The molecule has 0 spiro atoms. The van der Waals surface area contributed by atoms with Crippen molar-refractivity contribution in [2.24, 2.45) is 0 Å². The molecule has 1 aromatic heterocycles. The number of nitrogens with zero attached hydrogens (tertiary/aromatic N) is 1. The molecule has 0 amide bonds. The highest BCUT2D eigenvalue weighted by molar-refractivity contribution is 7.85. The van der Waals surface area contributed by atoms with Gasteiger partial charge in [0.05, 0.1) is 17.5 Å². The van der Waals surface area contributed by atoms with Gasteiger partial charge < -0.3 is 14.5 Å². The molecule has 3 aromatic rings. The monoisotopic (exact) mass is 441 g/mol. The lowest BCUT2D eigenvalue weighted by atomic mass is 10.2. The molecule has 0 radical (unpaired) electrons. The fourth-order valence-corrected chi connectivity index (χ4v) is 4.09. The van der Waals surface area contributed by atoms with E-state index in [9.17, 15) is 8.42 Å². The summed E-state index contributed by atoms with van der Waals surface area (Å²) in [5.74, 6) is 1.88. The Kier molecular flexibility index (Phi) is 6.11. The van der Waals surface area contributed by atoms with Gasteiger partial charge in [0.25, 0.3) is 15.6 Å². The summed E-state index contributed by atoms with van der Waals surface area (Å²) in [6.45, 7) is 2.64. The molecule has 0 fully saturated rings. The van der Waals surface area contributed by atoms with Gasteiger partial charge in [-0.3, -0.25) is 4.55 Å². The Balaban J connectivity index is 1.60. The van der Waals surface area contributed by atoms with Crippen LogP contribution in [0.2, 0.25) is 0 Å². The molecule has 162 valence electrons. The molecule has 0 bridgehead atoms. The fraction of sp³-hybridized carbons (Fsp3) is 0.261. The average Bonchev–Trinajstić information content (AvgIpc) is 3.30. The van der Waals surface area contributed by atoms with Gasteiger partial charge >= 0.3 is 5.89 Å². The van der Waals surface area contributed by atoms with E-state index in [2.05, 4.69) is 12.2 Å². The lowest BCUT2D eigenvalue weighted by molar-refractivity contribution is -0.678. The molecular weight excluding hydrogens is 416 g/mol. The van der Waals surface area contributed by atoms with Gasteiger partial charge in [-0.15, -0.1) is 0 Å². The van der Waals surface area contributed by atoms with Crippen LogP contribution in [0.1, 0.15) is 32.1 Å². The predicted molar refractivity (Wildman–Crippen MR) is 119 cm³/mol. The summed E-state index contributed by atoms with van der Waals surface area (Å²) in [4.78, 5) is 0. The van der Waals surface area contributed by atoms with Crippen LogP contribution in [0, 0.1) is 0 Å². The number of hydrogen-bond acceptors (Lipinski definition) is 5. The highest BCUT2D eigenvalue weighted by Gasteiger charge is 2.22. The van der Waals surface area contributed by atoms with E-state index >= 15 is 0 Å². The Morgan fingerprint density at radius 1 is 1.13 bits per heavy atom. The first-order valence-electron chi connectivity index (χ1n) is 10.3.